The molecule has 9 nitrogen and oxygen atoms in total. The molecule has 1 spiro atoms. The van der Waals surface area contributed by atoms with Crippen molar-refractivity contribution in [3.63, 3.8) is 0 Å². The highest BCUT2D eigenvalue weighted by Gasteiger charge is 2.76. The van der Waals surface area contributed by atoms with Crippen LogP contribution in [-0.2, 0) is 23.9 Å². The van der Waals surface area contributed by atoms with E-state index in [-0.39, 0.29) is 37.5 Å². The molecule has 6 atom stereocenters. The molecule has 0 aliphatic carbocycles. The van der Waals surface area contributed by atoms with E-state index in [1.807, 2.05) is 39.0 Å². The maximum absolute atomic E-state index is 14.5. The number of benzene rings is 1. The maximum Gasteiger partial charge on any atom is 0.313 e. The van der Waals surface area contributed by atoms with Gasteiger partial charge in [0, 0.05) is 12.2 Å². The van der Waals surface area contributed by atoms with E-state index < -0.39 is 41.1 Å². The number of aliphatic hydroxyl groups is 1. The zero-order valence-corrected chi connectivity index (χ0v) is 22.3. The maximum atomic E-state index is 14.5. The van der Waals surface area contributed by atoms with Crippen LogP contribution in [0.3, 0.4) is 0 Å². The summed E-state index contributed by atoms with van der Waals surface area (Å²) < 4.78 is 17.7. The minimum Gasteiger partial charge on any atom is -0.497 e. The van der Waals surface area contributed by atoms with Gasteiger partial charge in [-0.15, -0.1) is 0 Å². The van der Waals surface area contributed by atoms with Crippen molar-refractivity contribution < 1.29 is 33.7 Å². The number of hydrogen-bond acceptors (Lipinski definition) is 7. The molecule has 1 N–H and O–H groups in total. The smallest absolute Gasteiger partial charge is 0.313 e. The molecular formula is C29H36N2O7. The number of rotatable bonds is 6. The van der Waals surface area contributed by atoms with E-state index in [4.69, 9.17) is 14.2 Å². The highest BCUT2D eigenvalue weighted by molar-refractivity contribution is 6.05. The largest absolute Gasteiger partial charge is 0.497 e. The minimum absolute atomic E-state index is 0.144. The van der Waals surface area contributed by atoms with Crippen LogP contribution in [0.1, 0.15) is 33.6 Å². The second-order valence-electron chi connectivity index (χ2n) is 10.8. The van der Waals surface area contributed by atoms with Crippen molar-refractivity contribution in [2.45, 2.75) is 56.9 Å². The number of esters is 1. The molecule has 4 aliphatic rings. The van der Waals surface area contributed by atoms with E-state index >= 15 is 0 Å². The van der Waals surface area contributed by atoms with Gasteiger partial charge in [-0.05, 0) is 43.0 Å². The van der Waals surface area contributed by atoms with Crippen molar-refractivity contribution in [2.24, 2.45) is 17.8 Å². The Morgan fingerprint density at radius 3 is 2.45 bits per heavy atom. The number of methoxy groups -OCH3 is 1. The van der Waals surface area contributed by atoms with Gasteiger partial charge < -0.3 is 29.1 Å². The fourth-order valence-electron chi connectivity index (χ4n) is 6.64. The molecule has 1 unspecified atom stereocenters. The van der Waals surface area contributed by atoms with Crippen LogP contribution in [-0.4, -0.2) is 77.9 Å². The molecule has 5 rings (SSSR count). The van der Waals surface area contributed by atoms with Crippen LogP contribution in [0.15, 0.2) is 48.6 Å². The molecule has 0 aromatic heterocycles. The predicted octanol–water partition coefficient (Wildman–Crippen LogP) is 2.48. The van der Waals surface area contributed by atoms with Gasteiger partial charge >= 0.3 is 5.97 Å². The van der Waals surface area contributed by atoms with Crippen molar-refractivity contribution in [1.29, 1.82) is 0 Å². The number of aliphatic hydroxyl groups excluding tert-OH is 1. The molecule has 9 heteroatoms. The lowest BCUT2D eigenvalue weighted by molar-refractivity contribution is -0.162. The molecule has 2 saturated heterocycles. The fourth-order valence-corrected chi connectivity index (χ4v) is 6.64. The van der Waals surface area contributed by atoms with Crippen LogP contribution in [0.5, 0.6) is 5.75 Å². The first-order chi connectivity index (χ1) is 18.2. The van der Waals surface area contributed by atoms with Gasteiger partial charge in [-0.25, -0.2) is 0 Å². The van der Waals surface area contributed by atoms with Crippen LogP contribution in [0.25, 0.3) is 0 Å². The summed E-state index contributed by atoms with van der Waals surface area (Å²) >= 11 is 0. The molecule has 2 fully saturated rings. The summed E-state index contributed by atoms with van der Waals surface area (Å²) in [5, 5.41) is 10.4. The van der Waals surface area contributed by atoms with E-state index in [0.29, 0.717) is 24.3 Å². The number of amides is 2. The van der Waals surface area contributed by atoms with Gasteiger partial charge in [0.05, 0.1) is 32.3 Å². The van der Waals surface area contributed by atoms with E-state index in [1.165, 1.54) is 4.90 Å². The van der Waals surface area contributed by atoms with Crippen molar-refractivity contribution >= 4 is 23.5 Å². The Balaban J connectivity index is 1.69. The van der Waals surface area contributed by atoms with Gasteiger partial charge in [0.15, 0.2) is 0 Å². The second kappa shape index (κ2) is 9.85. The van der Waals surface area contributed by atoms with Crippen molar-refractivity contribution in [3.8, 4) is 5.75 Å². The Bertz CT molecular complexity index is 1160. The monoisotopic (exact) mass is 524 g/mol. The van der Waals surface area contributed by atoms with Gasteiger partial charge in [-0.3, -0.25) is 14.4 Å². The number of carbonyl (C=O) groups is 3. The number of fused-ring (bicyclic) bond motifs is 2. The molecule has 4 aliphatic heterocycles. The third-order valence-electron chi connectivity index (χ3n) is 8.54. The summed E-state index contributed by atoms with van der Waals surface area (Å²) in [6.45, 7) is 5.87. The quantitative estimate of drug-likeness (QED) is 0.450. The first-order valence-corrected chi connectivity index (χ1v) is 13.3. The van der Waals surface area contributed by atoms with Crippen molar-refractivity contribution in [1.82, 2.24) is 4.90 Å². The van der Waals surface area contributed by atoms with Gasteiger partial charge in [0.25, 0.3) is 5.91 Å². The molecule has 0 bridgehead atoms. The molecule has 2 amide bonds. The molecule has 0 saturated carbocycles. The summed E-state index contributed by atoms with van der Waals surface area (Å²) in [5.41, 5.74) is -1.84. The summed E-state index contributed by atoms with van der Waals surface area (Å²) in [7, 11) is 1.58. The Hall–Kier alpha value is -3.17. The van der Waals surface area contributed by atoms with Crippen molar-refractivity contribution in [2.75, 3.05) is 31.8 Å². The van der Waals surface area contributed by atoms with E-state index in [1.54, 1.807) is 42.4 Å². The van der Waals surface area contributed by atoms with Crippen LogP contribution in [0.4, 0.5) is 5.69 Å². The molecule has 0 radical (unpaired) electrons. The van der Waals surface area contributed by atoms with Gasteiger partial charge in [-0.2, -0.15) is 0 Å². The zero-order valence-electron chi connectivity index (χ0n) is 22.3. The SMILES string of the molecule is CC[C@@]12C=CCCOC(=O)[C@@H]1[C@H]1C(=O)N([C@@H](CO)C(C)C)C3C(=O)N(c4ccc(OC)cc4)CC=C[C@@]31O2. The lowest BCUT2D eigenvalue weighted by Gasteiger charge is -2.42. The number of hydrogen-bond donors (Lipinski definition) is 1. The third-order valence-corrected chi connectivity index (χ3v) is 8.54. The minimum atomic E-state index is -1.40. The predicted molar refractivity (Wildman–Crippen MR) is 139 cm³/mol. The first-order valence-electron chi connectivity index (χ1n) is 13.3. The number of cyclic esters (lactones) is 1. The van der Waals surface area contributed by atoms with Gasteiger partial charge in [-0.1, -0.05) is 45.1 Å². The molecule has 1 aromatic rings. The normalized spacial score (nSPS) is 33.3. The highest BCUT2D eigenvalue weighted by atomic mass is 16.6. The number of likely N-dealkylation sites (tertiary alicyclic amines) is 1. The van der Waals surface area contributed by atoms with Crippen LogP contribution in [0, 0.1) is 17.8 Å². The Morgan fingerprint density at radius 2 is 1.82 bits per heavy atom. The molecule has 4 heterocycles. The lowest BCUT2D eigenvalue weighted by atomic mass is 9.73. The van der Waals surface area contributed by atoms with E-state index in [9.17, 15) is 19.5 Å². The van der Waals surface area contributed by atoms with Crippen LogP contribution < -0.4 is 9.64 Å². The standard InChI is InChI=1S/C29H36N2O7/c1-5-28-13-6-7-16-37-27(35)23(28)22-25(33)31(21(17-32)18(2)3)24-26(34)30(15-8-14-29(22,24)38-28)19-9-11-20(36-4)12-10-19/h6,8-14,18,21-24,32H,5,7,15-17H2,1-4H3/t21-,22-,23-,24?,28+,29-/m0/s1. The first kappa shape index (κ1) is 26.4. The molecule has 38 heavy (non-hydrogen) atoms. The summed E-state index contributed by atoms with van der Waals surface area (Å²) in [6, 6.07) is 5.44. The topological polar surface area (TPSA) is 106 Å². The number of ether oxygens (including phenoxy) is 3. The van der Waals surface area contributed by atoms with E-state index in [2.05, 4.69) is 0 Å². The second-order valence-corrected chi connectivity index (χ2v) is 10.8. The molecular weight excluding hydrogens is 488 g/mol. The molecule has 1 aromatic carbocycles. The van der Waals surface area contributed by atoms with E-state index in [0.717, 1.165) is 0 Å². The summed E-state index contributed by atoms with van der Waals surface area (Å²) in [4.78, 5) is 45.5. The molecule has 204 valence electrons. The van der Waals surface area contributed by atoms with Crippen molar-refractivity contribution in [3.05, 3.63) is 48.6 Å². The number of anilines is 1. The Kier molecular flexibility index (Phi) is 6.86. The Labute approximate surface area is 223 Å². The fraction of sp³-hybridized carbons (Fsp3) is 0.552. The number of nitrogens with zero attached hydrogens (tertiary/aromatic N) is 2. The lowest BCUT2D eigenvalue weighted by Crippen LogP contribution is -2.60. The third kappa shape index (κ3) is 3.78. The van der Waals surface area contributed by atoms with Gasteiger partial charge in [0.2, 0.25) is 5.91 Å². The summed E-state index contributed by atoms with van der Waals surface area (Å²) in [6.07, 6.45) is 8.43. The van der Waals surface area contributed by atoms with Gasteiger partial charge in [0.1, 0.15) is 28.9 Å². The summed E-state index contributed by atoms with van der Waals surface area (Å²) in [5.74, 6) is -2.56. The average molecular weight is 525 g/mol. The highest BCUT2D eigenvalue weighted by Crippen LogP contribution is 2.59. The number of carbonyl (C=O) groups excluding carboxylic acids is 3. The van der Waals surface area contributed by atoms with Crippen LogP contribution in [0.2, 0.25) is 0 Å². The zero-order chi connectivity index (χ0) is 27.2. The van der Waals surface area contributed by atoms with Crippen LogP contribution >= 0.6 is 0 Å². The average Bonchev–Trinajstić information content (AvgIpc) is 3.25. The Morgan fingerprint density at radius 1 is 1.08 bits per heavy atom.